The van der Waals surface area contributed by atoms with Crippen molar-refractivity contribution in [2.24, 2.45) is 0 Å². The van der Waals surface area contributed by atoms with Gasteiger partial charge in [0.2, 0.25) is 0 Å². The Kier molecular flexibility index (Phi) is 2.95. The number of nitrogens with zero attached hydrogens (tertiary/aromatic N) is 2. The van der Waals surface area contributed by atoms with Gasteiger partial charge in [0.25, 0.3) is 0 Å². The van der Waals surface area contributed by atoms with Crippen LogP contribution in [0.15, 0.2) is 6.20 Å². The Morgan fingerprint density at radius 2 is 2.33 bits per heavy atom. The predicted octanol–water partition coefficient (Wildman–Crippen LogP) is 2.28. The van der Waals surface area contributed by atoms with Crippen LogP contribution in [0.4, 0.5) is 19.0 Å². The number of carboxylic acid groups (broad SMARTS) is 1. The molecule has 0 saturated carbocycles. The largest absolute Gasteiger partial charge is 0.477 e. The van der Waals surface area contributed by atoms with Crippen molar-refractivity contribution in [3.63, 3.8) is 0 Å². The van der Waals surface area contributed by atoms with Gasteiger partial charge in [0.05, 0.1) is 6.20 Å². The minimum Gasteiger partial charge on any atom is -0.477 e. The first-order valence-corrected chi connectivity index (χ1v) is 5.48. The van der Waals surface area contributed by atoms with Crippen LogP contribution in [0, 0.1) is 0 Å². The molecule has 0 aromatic carbocycles. The van der Waals surface area contributed by atoms with Crippen molar-refractivity contribution in [1.82, 2.24) is 9.78 Å². The number of hydrogen-bond donors (Lipinski definition) is 2. The Morgan fingerprint density at radius 1 is 1.67 bits per heavy atom. The molecule has 0 saturated heterocycles. The SMILES string of the molecule is CC[C@@H]1C[C@@H](C(F)(F)F)n2ncc(C(=O)O)c2N1. The molecule has 0 radical (unpaired) electrons. The molecule has 1 aliphatic rings. The molecule has 0 fully saturated rings. The summed E-state index contributed by atoms with van der Waals surface area (Å²) in [6.07, 6.45) is -3.15. The first-order valence-electron chi connectivity index (χ1n) is 5.48. The summed E-state index contributed by atoms with van der Waals surface area (Å²) in [7, 11) is 0. The van der Waals surface area contributed by atoms with Crippen LogP contribution < -0.4 is 5.32 Å². The van der Waals surface area contributed by atoms with E-state index in [1.54, 1.807) is 6.92 Å². The van der Waals surface area contributed by atoms with Gasteiger partial charge in [-0.25, -0.2) is 9.48 Å². The number of rotatable bonds is 2. The zero-order valence-electron chi connectivity index (χ0n) is 9.53. The van der Waals surface area contributed by atoms with Gasteiger partial charge < -0.3 is 10.4 Å². The Balaban J connectivity index is 2.47. The fraction of sp³-hybridized carbons (Fsp3) is 0.600. The highest BCUT2D eigenvalue weighted by atomic mass is 19.4. The summed E-state index contributed by atoms with van der Waals surface area (Å²) >= 11 is 0. The molecule has 2 heterocycles. The van der Waals surface area contributed by atoms with Crippen LogP contribution in [-0.4, -0.2) is 33.1 Å². The van der Waals surface area contributed by atoms with Crippen LogP contribution in [0.1, 0.15) is 36.2 Å². The number of alkyl halides is 3. The quantitative estimate of drug-likeness (QED) is 0.859. The van der Waals surface area contributed by atoms with Crippen molar-refractivity contribution in [2.45, 2.75) is 38.0 Å². The van der Waals surface area contributed by atoms with Gasteiger partial charge >= 0.3 is 12.1 Å². The number of halogens is 3. The summed E-state index contributed by atoms with van der Waals surface area (Å²) in [5.41, 5.74) is -0.234. The molecule has 1 aromatic rings. The highest BCUT2D eigenvalue weighted by Crippen LogP contribution is 2.40. The Labute approximate surface area is 101 Å². The number of anilines is 1. The van der Waals surface area contributed by atoms with E-state index in [1.807, 2.05) is 0 Å². The molecule has 0 spiro atoms. The Morgan fingerprint density at radius 3 is 2.83 bits per heavy atom. The normalized spacial score (nSPS) is 23.3. The Bertz CT molecular complexity index is 469. The van der Waals surface area contributed by atoms with Crippen LogP contribution in [0.3, 0.4) is 0 Å². The van der Waals surface area contributed by atoms with Crippen molar-refractivity contribution in [3.8, 4) is 0 Å². The van der Waals surface area contributed by atoms with Gasteiger partial charge in [-0.05, 0) is 12.8 Å². The lowest BCUT2D eigenvalue weighted by molar-refractivity contribution is -0.173. The lowest BCUT2D eigenvalue weighted by atomic mass is 10.0. The van der Waals surface area contributed by atoms with E-state index in [4.69, 9.17) is 5.11 Å². The second-order valence-electron chi connectivity index (χ2n) is 4.20. The molecule has 2 atom stereocenters. The van der Waals surface area contributed by atoms with Gasteiger partial charge in [0, 0.05) is 6.04 Å². The van der Waals surface area contributed by atoms with Crippen molar-refractivity contribution >= 4 is 11.8 Å². The van der Waals surface area contributed by atoms with Crippen molar-refractivity contribution < 1.29 is 23.1 Å². The minimum absolute atomic E-state index is 0.0667. The summed E-state index contributed by atoms with van der Waals surface area (Å²) in [5, 5.41) is 15.2. The third kappa shape index (κ3) is 2.02. The summed E-state index contributed by atoms with van der Waals surface area (Å²) in [4.78, 5) is 10.9. The van der Waals surface area contributed by atoms with Crippen LogP contribution >= 0.6 is 0 Å². The molecular weight excluding hydrogens is 251 g/mol. The number of carboxylic acids is 1. The molecule has 1 aliphatic heterocycles. The molecule has 5 nitrogen and oxygen atoms in total. The lowest BCUT2D eigenvalue weighted by Gasteiger charge is -2.33. The third-order valence-corrected chi connectivity index (χ3v) is 3.04. The summed E-state index contributed by atoms with van der Waals surface area (Å²) < 4.78 is 39.4. The van der Waals surface area contributed by atoms with E-state index < -0.39 is 24.2 Å². The number of fused-ring (bicyclic) bond motifs is 1. The molecule has 0 amide bonds. The van der Waals surface area contributed by atoms with Gasteiger partial charge in [0.1, 0.15) is 11.4 Å². The Hall–Kier alpha value is -1.73. The van der Waals surface area contributed by atoms with E-state index in [9.17, 15) is 18.0 Å². The average molecular weight is 263 g/mol. The van der Waals surface area contributed by atoms with Crippen molar-refractivity contribution in [1.29, 1.82) is 0 Å². The molecule has 0 unspecified atom stereocenters. The molecule has 1 aromatic heterocycles. The van der Waals surface area contributed by atoms with E-state index >= 15 is 0 Å². The highest BCUT2D eigenvalue weighted by Gasteiger charge is 2.46. The number of aromatic carboxylic acids is 1. The van der Waals surface area contributed by atoms with E-state index in [2.05, 4.69) is 10.4 Å². The molecule has 8 heteroatoms. The number of carbonyl (C=O) groups is 1. The molecule has 18 heavy (non-hydrogen) atoms. The van der Waals surface area contributed by atoms with E-state index in [0.29, 0.717) is 6.42 Å². The maximum atomic E-state index is 12.9. The van der Waals surface area contributed by atoms with Crippen LogP contribution in [-0.2, 0) is 0 Å². The van der Waals surface area contributed by atoms with Gasteiger partial charge in [-0.2, -0.15) is 18.3 Å². The summed E-state index contributed by atoms with van der Waals surface area (Å²) in [6, 6.07) is -2.18. The minimum atomic E-state index is -4.44. The first kappa shape index (κ1) is 12.7. The summed E-state index contributed by atoms with van der Waals surface area (Å²) in [5.74, 6) is -1.36. The average Bonchev–Trinajstić information content (AvgIpc) is 2.69. The lowest BCUT2D eigenvalue weighted by Crippen LogP contribution is -2.39. The zero-order valence-corrected chi connectivity index (χ0v) is 9.53. The number of hydrogen-bond acceptors (Lipinski definition) is 3. The van der Waals surface area contributed by atoms with Gasteiger partial charge in [0.15, 0.2) is 6.04 Å². The predicted molar refractivity (Wildman–Crippen MR) is 56.6 cm³/mol. The molecule has 2 N–H and O–H groups in total. The maximum absolute atomic E-state index is 12.9. The molecular formula is C10H12F3N3O2. The van der Waals surface area contributed by atoms with E-state index in [-0.39, 0.29) is 17.8 Å². The molecule has 100 valence electrons. The van der Waals surface area contributed by atoms with Gasteiger partial charge in [-0.1, -0.05) is 6.92 Å². The first-order chi connectivity index (χ1) is 8.34. The van der Waals surface area contributed by atoms with Gasteiger partial charge in [-0.3, -0.25) is 0 Å². The maximum Gasteiger partial charge on any atom is 0.410 e. The topological polar surface area (TPSA) is 67.2 Å². The smallest absolute Gasteiger partial charge is 0.410 e. The molecule has 2 rings (SSSR count). The summed E-state index contributed by atoms with van der Waals surface area (Å²) in [6.45, 7) is 1.75. The highest BCUT2D eigenvalue weighted by molar-refractivity contribution is 5.93. The molecule has 0 bridgehead atoms. The zero-order chi connectivity index (χ0) is 13.5. The second-order valence-corrected chi connectivity index (χ2v) is 4.20. The van der Waals surface area contributed by atoms with Crippen LogP contribution in [0.2, 0.25) is 0 Å². The molecule has 0 aliphatic carbocycles. The number of aromatic nitrogens is 2. The van der Waals surface area contributed by atoms with Gasteiger partial charge in [-0.15, -0.1) is 0 Å². The van der Waals surface area contributed by atoms with Crippen molar-refractivity contribution in [3.05, 3.63) is 11.8 Å². The van der Waals surface area contributed by atoms with Crippen LogP contribution in [0.5, 0.6) is 0 Å². The van der Waals surface area contributed by atoms with Crippen LogP contribution in [0.25, 0.3) is 0 Å². The second kappa shape index (κ2) is 4.18. The fourth-order valence-electron chi connectivity index (χ4n) is 2.06. The van der Waals surface area contributed by atoms with E-state index in [0.717, 1.165) is 10.9 Å². The number of nitrogens with one attached hydrogen (secondary N) is 1. The third-order valence-electron chi connectivity index (χ3n) is 3.04. The fourth-order valence-corrected chi connectivity index (χ4v) is 2.06. The van der Waals surface area contributed by atoms with E-state index in [1.165, 1.54) is 0 Å². The van der Waals surface area contributed by atoms with Crippen molar-refractivity contribution in [2.75, 3.05) is 5.32 Å². The monoisotopic (exact) mass is 263 g/mol. The standard InChI is InChI=1S/C10H12F3N3O2/c1-2-5-3-7(10(11,12)13)16-8(15-5)6(4-14-16)9(17)18/h4-5,7,15H,2-3H2,1H3,(H,17,18)/t5-,7+/m1/s1.